The van der Waals surface area contributed by atoms with Crippen LogP contribution < -0.4 is 0 Å². The molecule has 0 amide bonds. The van der Waals surface area contributed by atoms with Crippen LogP contribution in [-0.4, -0.2) is 23.9 Å². The van der Waals surface area contributed by atoms with Crippen LogP contribution >= 0.6 is 0 Å². The van der Waals surface area contributed by atoms with E-state index in [1.807, 2.05) is 0 Å². The molecule has 268 valence electrons. The Bertz CT molecular complexity index is 808. The number of ether oxygens (including phenoxy) is 2. The van der Waals surface area contributed by atoms with E-state index >= 15 is 0 Å². The molecule has 2 rings (SSSR count). The maximum absolute atomic E-state index is 11.3. The molecular formula is C40H72O6. The van der Waals surface area contributed by atoms with E-state index in [0.717, 1.165) is 37.5 Å². The normalized spacial score (nSPS) is 19.1. The van der Waals surface area contributed by atoms with Gasteiger partial charge in [0.05, 0.1) is 24.7 Å². The Labute approximate surface area is 283 Å². The van der Waals surface area contributed by atoms with Crippen LogP contribution in [0.5, 0.6) is 0 Å². The summed E-state index contributed by atoms with van der Waals surface area (Å²) < 4.78 is 9.15. The third-order valence-electron chi connectivity index (χ3n) is 10.0. The number of esters is 4. The van der Waals surface area contributed by atoms with Gasteiger partial charge in [0.15, 0.2) is 0 Å². The Balaban J connectivity index is 0.000000460. The summed E-state index contributed by atoms with van der Waals surface area (Å²) in [6.45, 7) is 9.28. The van der Waals surface area contributed by atoms with E-state index in [4.69, 9.17) is 0 Å². The summed E-state index contributed by atoms with van der Waals surface area (Å²) in [5.74, 6) is 0.0609. The summed E-state index contributed by atoms with van der Waals surface area (Å²) in [7, 11) is 0. The van der Waals surface area contributed by atoms with Gasteiger partial charge in [-0.1, -0.05) is 182 Å². The van der Waals surface area contributed by atoms with E-state index in [0.29, 0.717) is 12.8 Å². The molecular weight excluding hydrogens is 576 g/mol. The molecule has 6 nitrogen and oxygen atoms in total. The summed E-state index contributed by atoms with van der Waals surface area (Å²) in [5, 5.41) is 0. The summed E-state index contributed by atoms with van der Waals surface area (Å²) in [5.41, 5.74) is 0. The fourth-order valence-electron chi connectivity index (χ4n) is 6.79. The minimum atomic E-state index is -0.344. The van der Waals surface area contributed by atoms with E-state index in [1.54, 1.807) is 0 Å². The van der Waals surface area contributed by atoms with Crippen molar-refractivity contribution in [1.82, 2.24) is 0 Å². The first-order valence-electron chi connectivity index (χ1n) is 19.8. The molecule has 0 aliphatic carbocycles. The Hall–Kier alpha value is -1.72. The Morgan fingerprint density at radius 3 is 1.04 bits per heavy atom. The minimum Gasteiger partial charge on any atom is -0.393 e. The van der Waals surface area contributed by atoms with Gasteiger partial charge in [0, 0.05) is 0 Å². The van der Waals surface area contributed by atoms with Gasteiger partial charge in [0.25, 0.3) is 0 Å². The standard InChI is InChI=1S/2C20H36O3/c1-3-4-5-6-7-10-13-17(2)14-11-8-9-12-15-18-16-19(21)23-20(18)22;1-3-4-5-6-7-8-10-13-17(2)14-11-9-12-15-18-16-19(21)23-20(18)22/h2*17-18H,3-16H2,1-2H3. The molecule has 46 heavy (non-hydrogen) atoms. The van der Waals surface area contributed by atoms with Gasteiger partial charge in [-0.25, -0.2) is 0 Å². The van der Waals surface area contributed by atoms with E-state index in [1.165, 1.54) is 141 Å². The predicted molar refractivity (Wildman–Crippen MR) is 188 cm³/mol. The van der Waals surface area contributed by atoms with Crippen molar-refractivity contribution in [3.8, 4) is 0 Å². The predicted octanol–water partition coefficient (Wildman–Crippen LogP) is 11.6. The lowest BCUT2D eigenvalue weighted by Gasteiger charge is -2.11. The van der Waals surface area contributed by atoms with Crippen molar-refractivity contribution in [1.29, 1.82) is 0 Å². The van der Waals surface area contributed by atoms with Gasteiger partial charge in [-0.15, -0.1) is 0 Å². The number of unbranched alkanes of at least 4 members (excludes halogenated alkanes) is 16. The Morgan fingerprint density at radius 1 is 0.457 bits per heavy atom. The van der Waals surface area contributed by atoms with E-state index in [9.17, 15) is 19.2 Å². The quantitative estimate of drug-likeness (QED) is 0.0476. The molecule has 0 aromatic heterocycles. The summed E-state index contributed by atoms with van der Waals surface area (Å²) in [6, 6.07) is 0. The second-order valence-corrected chi connectivity index (χ2v) is 14.7. The van der Waals surface area contributed by atoms with Crippen LogP contribution in [0.2, 0.25) is 0 Å². The Kier molecular flexibility index (Phi) is 26.0. The molecule has 0 aromatic carbocycles. The van der Waals surface area contributed by atoms with Crippen LogP contribution in [0.3, 0.4) is 0 Å². The molecule has 2 fully saturated rings. The molecule has 6 heteroatoms. The largest absolute Gasteiger partial charge is 0.393 e. The molecule has 2 aliphatic rings. The summed E-state index contributed by atoms with van der Waals surface area (Å²) in [4.78, 5) is 44.7. The zero-order valence-corrected chi connectivity index (χ0v) is 30.6. The topological polar surface area (TPSA) is 86.7 Å². The first kappa shape index (κ1) is 42.3. The number of cyclic esters (lactones) is 4. The molecule has 4 atom stereocenters. The highest BCUT2D eigenvalue weighted by Crippen LogP contribution is 2.25. The van der Waals surface area contributed by atoms with Crippen molar-refractivity contribution in [2.75, 3.05) is 0 Å². The van der Waals surface area contributed by atoms with Crippen molar-refractivity contribution in [2.24, 2.45) is 23.7 Å². The SMILES string of the molecule is CCCCCCCCC(C)CCCCCCC1CC(=O)OC1=O.CCCCCCCCCC(C)CCCCCC1CC(=O)OC1=O. The molecule has 0 spiro atoms. The van der Waals surface area contributed by atoms with Crippen LogP contribution in [0.1, 0.15) is 207 Å². The third kappa shape index (κ3) is 22.7. The number of hydrogen-bond acceptors (Lipinski definition) is 6. The van der Waals surface area contributed by atoms with Crippen LogP contribution in [0.4, 0.5) is 0 Å². The smallest absolute Gasteiger partial charge is 0.317 e. The molecule has 0 N–H and O–H groups in total. The van der Waals surface area contributed by atoms with E-state index < -0.39 is 0 Å². The Morgan fingerprint density at radius 2 is 0.739 bits per heavy atom. The second-order valence-electron chi connectivity index (χ2n) is 14.7. The molecule has 2 saturated heterocycles. The van der Waals surface area contributed by atoms with Crippen molar-refractivity contribution >= 4 is 23.9 Å². The average Bonchev–Trinajstić information content (AvgIpc) is 3.53. The summed E-state index contributed by atoms with van der Waals surface area (Å²) >= 11 is 0. The molecule has 4 unspecified atom stereocenters. The average molecular weight is 649 g/mol. The van der Waals surface area contributed by atoms with Crippen molar-refractivity contribution < 1.29 is 28.7 Å². The van der Waals surface area contributed by atoms with E-state index in [2.05, 4.69) is 37.2 Å². The number of carbonyl (C=O) groups is 4. The van der Waals surface area contributed by atoms with Gasteiger partial charge in [-0.2, -0.15) is 0 Å². The molecule has 0 aromatic rings. The molecule has 0 saturated carbocycles. The highest BCUT2D eigenvalue weighted by Gasteiger charge is 2.33. The van der Waals surface area contributed by atoms with Crippen LogP contribution in [-0.2, 0) is 28.7 Å². The fourth-order valence-corrected chi connectivity index (χ4v) is 6.79. The molecule has 0 radical (unpaired) electrons. The van der Waals surface area contributed by atoms with Crippen molar-refractivity contribution in [2.45, 2.75) is 207 Å². The lowest BCUT2D eigenvalue weighted by Crippen LogP contribution is -2.07. The van der Waals surface area contributed by atoms with Gasteiger partial charge in [-0.3, -0.25) is 19.2 Å². The zero-order chi connectivity index (χ0) is 33.8. The van der Waals surface area contributed by atoms with Gasteiger partial charge in [0.2, 0.25) is 0 Å². The van der Waals surface area contributed by atoms with Crippen LogP contribution in [0.25, 0.3) is 0 Å². The molecule has 0 bridgehead atoms. The summed E-state index contributed by atoms with van der Waals surface area (Å²) in [6.07, 6.45) is 33.8. The van der Waals surface area contributed by atoms with Gasteiger partial charge < -0.3 is 9.47 Å². The molecule has 2 heterocycles. The minimum absolute atomic E-state index is 0.158. The van der Waals surface area contributed by atoms with Crippen molar-refractivity contribution in [3.05, 3.63) is 0 Å². The lowest BCUT2D eigenvalue weighted by atomic mass is 9.94. The van der Waals surface area contributed by atoms with Crippen LogP contribution in [0.15, 0.2) is 0 Å². The van der Waals surface area contributed by atoms with Crippen molar-refractivity contribution in [3.63, 3.8) is 0 Å². The third-order valence-corrected chi connectivity index (χ3v) is 10.0. The maximum atomic E-state index is 11.3. The number of rotatable bonds is 28. The van der Waals surface area contributed by atoms with Gasteiger partial charge >= 0.3 is 23.9 Å². The highest BCUT2D eigenvalue weighted by atomic mass is 16.6. The molecule has 2 aliphatic heterocycles. The van der Waals surface area contributed by atoms with Gasteiger partial charge in [0.1, 0.15) is 0 Å². The monoisotopic (exact) mass is 649 g/mol. The second kappa shape index (κ2) is 28.3. The number of hydrogen-bond donors (Lipinski definition) is 0. The number of carbonyl (C=O) groups excluding carboxylic acids is 4. The van der Waals surface area contributed by atoms with Crippen LogP contribution in [0, 0.1) is 23.7 Å². The van der Waals surface area contributed by atoms with E-state index in [-0.39, 0.29) is 35.7 Å². The first-order chi connectivity index (χ1) is 22.3. The fraction of sp³-hybridized carbons (Fsp3) is 0.900. The van der Waals surface area contributed by atoms with Gasteiger partial charge in [-0.05, 0) is 24.7 Å². The maximum Gasteiger partial charge on any atom is 0.317 e. The first-order valence-corrected chi connectivity index (χ1v) is 19.8. The zero-order valence-electron chi connectivity index (χ0n) is 30.6. The highest BCUT2D eigenvalue weighted by molar-refractivity contribution is 5.95. The lowest BCUT2D eigenvalue weighted by molar-refractivity contribution is -0.155.